The summed E-state index contributed by atoms with van der Waals surface area (Å²) in [6, 6.07) is 19.1. The van der Waals surface area contributed by atoms with E-state index in [0.29, 0.717) is 6.54 Å². The molecule has 1 N–H and O–H groups in total. The van der Waals surface area contributed by atoms with Crippen LogP contribution in [0.25, 0.3) is 0 Å². The maximum absolute atomic E-state index is 13.1. The van der Waals surface area contributed by atoms with Crippen molar-refractivity contribution in [2.75, 3.05) is 19.7 Å². The van der Waals surface area contributed by atoms with Crippen LogP contribution in [0.15, 0.2) is 60.7 Å². The molecule has 5 heteroatoms. The number of carboxylic acids is 1. The van der Waals surface area contributed by atoms with Gasteiger partial charge in [0, 0.05) is 6.54 Å². The Morgan fingerprint density at radius 2 is 1.54 bits per heavy atom. The normalized spacial score (nSPS) is 17.7. The van der Waals surface area contributed by atoms with E-state index in [9.17, 15) is 9.59 Å². The van der Waals surface area contributed by atoms with Crippen molar-refractivity contribution in [2.45, 2.75) is 12.0 Å². The molecule has 1 aliphatic heterocycles. The number of rotatable bonds is 4. The highest BCUT2D eigenvalue weighted by Gasteiger charge is 2.33. The minimum Gasteiger partial charge on any atom is -0.479 e. The number of benzene rings is 2. The van der Waals surface area contributed by atoms with Crippen LogP contribution in [0.3, 0.4) is 0 Å². The molecule has 1 saturated heterocycles. The van der Waals surface area contributed by atoms with Crippen LogP contribution in [-0.4, -0.2) is 47.7 Å². The summed E-state index contributed by atoms with van der Waals surface area (Å²) in [4.78, 5) is 25.9. The molecule has 3 rings (SSSR count). The minimum atomic E-state index is -1.04. The molecular formula is C19H19NO4. The number of hydrogen-bond donors (Lipinski definition) is 1. The Morgan fingerprint density at radius 3 is 2.04 bits per heavy atom. The van der Waals surface area contributed by atoms with Crippen LogP contribution in [-0.2, 0) is 14.3 Å². The van der Waals surface area contributed by atoms with Gasteiger partial charge in [0.2, 0.25) is 5.91 Å². The Morgan fingerprint density at radius 1 is 1.00 bits per heavy atom. The quantitative estimate of drug-likeness (QED) is 0.935. The monoisotopic (exact) mass is 325 g/mol. The molecule has 5 nitrogen and oxygen atoms in total. The number of amides is 1. The van der Waals surface area contributed by atoms with E-state index in [0.717, 1.165) is 11.1 Å². The fourth-order valence-electron chi connectivity index (χ4n) is 2.95. The molecule has 1 aliphatic rings. The molecule has 1 fully saturated rings. The standard InChI is InChI=1S/C19H19NO4/c21-18(20-11-12-24-16(13-20)19(22)23)17(14-7-3-1-4-8-14)15-9-5-2-6-10-15/h1-10,16-17H,11-13H2,(H,22,23)/t16-/m1/s1. The van der Waals surface area contributed by atoms with Gasteiger partial charge >= 0.3 is 5.97 Å². The van der Waals surface area contributed by atoms with E-state index in [1.807, 2.05) is 60.7 Å². The first kappa shape index (κ1) is 16.2. The average molecular weight is 325 g/mol. The highest BCUT2D eigenvalue weighted by atomic mass is 16.5. The van der Waals surface area contributed by atoms with Crippen LogP contribution < -0.4 is 0 Å². The first-order valence-electron chi connectivity index (χ1n) is 7.90. The maximum Gasteiger partial charge on any atom is 0.334 e. The largest absolute Gasteiger partial charge is 0.479 e. The van der Waals surface area contributed by atoms with Gasteiger partial charge in [-0.05, 0) is 11.1 Å². The van der Waals surface area contributed by atoms with Crippen LogP contribution in [0, 0.1) is 0 Å². The number of nitrogens with zero attached hydrogens (tertiary/aromatic N) is 1. The van der Waals surface area contributed by atoms with E-state index < -0.39 is 18.0 Å². The molecule has 0 radical (unpaired) electrons. The van der Waals surface area contributed by atoms with Gasteiger partial charge in [-0.15, -0.1) is 0 Å². The molecule has 0 bridgehead atoms. The highest BCUT2D eigenvalue weighted by molar-refractivity contribution is 5.88. The smallest absolute Gasteiger partial charge is 0.334 e. The van der Waals surface area contributed by atoms with E-state index in [1.165, 1.54) is 0 Å². The molecular weight excluding hydrogens is 306 g/mol. The second kappa shape index (κ2) is 7.27. The van der Waals surface area contributed by atoms with Crippen LogP contribution in [0.4, 0.5) is 0 Å². The van der Waals surface area contributed by atoms with Crippen LogP contribution in [0.5, 0.6) is 0 Å². The van der Waals surface area contributed by atoms with E-state index in [2.05, 4.69) is 0 Å². The second-order valence-electron chi connectivity index (χ2n) is 5.74. The van der Waals surface area contributed by atoms with Gasteiger partial charge in [0.05, 0.1) is 19.1 Å². The number of carbonyl (C=O) groups excluding carboxylic acids is 1. The van der Waals surface area contributed by atoms with E-state index in [4.69, 9.17) is 9.84 Å². The van der Waals surface area contributed by atoms with Crippen molar-refractivity contribution in [1.29, 1.82) is 0 Å². The molecule has 1 atom stereocenters. The second-order valence-corrected chi connectivity index (χ2v) is 5.74. The van der Waals surface area contributed by atoms with Gasteiger partial charge in [-0.1, -0.05) is 60.7 Å². The minimum absolute atomic E-state index is 0.0737. The third-order valence-corrected chi connectivity index (χ3v) is 4.17. The topological polar surface area (TPSA) is 66.8 Å². The van der Waals surface area contributed by atoms with Crippen molar-refractivity contribution >= 4 is 11.9 Å². The first-order chi connectivity index (χ1) is 11.7. The molecule has 1 heterocycles. The fourth-order valence-corrected chi connectivity index (χ4v) is 2.95. The summed E-state index contributed by atoms with van der Waals surface area (Å²) in [7, 11) is 0. The molecule has 0 saturated carbocycles. The predicted octanol–water partition coefficient (Wildman–Crippen LogP) is 2.13. The summed E-state index contributed by atoms with van der Waals surface area (Å²) in [6.45, 7) is 0.710. The molecule has 124 valence electrons. The van der Waals surface area contributed by atoms with Gasteiger partial charge in [0.25, 0.3) is 0 Å². The molecule has 0 spiro atoms. The maximum atomic E-state index is 13.1. The zero-order valence-corrected chi connectivity index (χ0v) is 13.2. The van der Waals surface area contributed by atoms with Crippen molar-refractivity contribution in [3.63, 3.8) is 0 Å². The van der Waals surface area contributed by atoms with Crippen molar-refractivity contribution in [3.05, 3.63) is 71.8 Å². The lowest BCUT2D eigenvalue weighted by Crippen LogP contribution is -2.50. The molecule has 0 unspecified atom stereocenters. The molecule has 0 aliphatic carbocycles. The molecule has 1 amide bonds. The van der Waals surface area contributed by atoms with E-state index >= 15 is 0 Å². The molecule has 2 aromatic rings. The Hall–Kier alpha value is -2.66. The summed E-state index contributed by atoms with van der Waals surface area (Å²) >= 11 is 0. The van der Waals surface area contributed by atoms with Gasteiger partial charge in [-0.25, -0.2) is 4.79 Å². The van der Waals surface area contributed by atoms with Gasteiger partial charge in [0.1, 0.15) is 0 Å². The zero-order chi connectivity index (χ0) is 16.9. The fraction of sp³-hybridized carbons (Fsp3) is 0.263. The highest BCUT2D eigenvalue weighted by Crippen LogP contribution is 2.27. The Bertz CT molecular complexity index is 662. The number of hydrogen-bond acceptors (Lipinski definition) is 3. The molecule has 0 aromatic heterocycles. The van der Waals surface area contributed by atoms with Crippen molar-refractivity contribution in [1.82, 2.24) is 4.90 Å². The van der Waals surface area contributed by atoms with Crippen LogP contribution in [0.2, 0.25) is 0 Å². The SMILES string of the molecule is O=C(O)[C@H]1CN(C(=O)C(c2ccccc2)c2ccccc2)CCO1. The third-order valence-electron chi connectivity index (χ3n) is 4.17. The zero-order valence-electron chi connectivity index (χ0n) is 13.2. The average Bonchev–Trinajstić information content (AvgIpc) is 2.64. The van der Waals surface area contributed by atoms with Crippen LogP contribution >= 0.6 is 0 Å². The van der Waals surface area contributed by atoms with E-state index in [1.54, 1.807) is 4.90 Å². The first-order valence-corrected chi connectivity index (χ1v) is 7.90. The molecule has 24 heavy (non-hydrogen) atoms. The van der Waals surface area contributed by atoms with Crippen molar-refractivity contribution in [2.24, 2.45) is 0 Å². The molecule has 2 aromatic carbocycles. The Labute approximate surface area is 140 Å². The van der Waals surface area contributed by atoms with Crippen LogP contribution in [0.1, 0.15) is 17.0 Å². The van der Waals surface area contributed by atoms with Crippen molar-refractivity contribution < 1.29 is 19.4 Å². The number of morpholine rings is 1. The lowest BCUT2D eigenvalue weighted by atomic mass is 9.90. The van der Waals surface area contributed by atoms with Gasteiger partial charge < -0.3 is 14.7 Å². The number of carbonyl (C=O) groups is 2. The third kappa shape index (κ3) is 3.46. The number of aliphatic carboxylic acids is 1. The Kier molecular flexibility index (Phi) is 4.91. The summed E-state index contributed by atoms with van der Waals surface area (Å²) in [5.41, 5.74) is 1.79. The predicted molar refractivity (Wildman–Crippen MR) is 88.7 cm³/mol. The van der Waals surface area contributed by atoms with E-state index in [-0.39, 0.29) is 19.1 Å². The lowest BCUT2D eigenvalue weighted by Gasteiger charge is -2.33. The van der Waals surface area contributed by atoms with Gasteiger partial charge in [-0.2, -0.15) is 0 Å². The van der Waals surface area contributed by atoms with Gasteiger partial charge in [-0.3, -0.25) is 4.79 Å². The number of carboxylic acid groups (broad SMARTS) is 1. The number of ether oxygens (including phenoxy) is 1. The van der Waals surface area contributed by atoms with Gasteiger partial charge in [0.15, 0.2) is 6.10 Å². The summed E-state index contributed by atoms with van der Waals surface area (Å²) < 4.78 is 5.22. The van der Waals surface area contributed by atoms with Crippen molar-refractivity contribution in [3.8, 4) is 0 Å². The lowest BCUT2D eigenvalue weighted by molar-refractivity contribution is -0.159. The summed E-state index contributed by atoms with van der Waals surface area (Å²) in [5, 5.41) is 9.15. The summed E-state index contributed by atoms with van der Waals surface area (Å²) in [6.07, 6.45) is -0.963. The Balaban J connectivity index is 1.91. The summed E-state index contributed by atoms with van der Waals surface area (Å²) in [5.74, 6) is -1.58.